The number of nitrogens with one attached hydrogen (secondary N) is 2. The number of rotatable bonds is 6. The summed E-state index contributed by atoms with van der Waals surface area (Å²) in [7, 11) is 0. The third-order valence-corrected chi connectivity index (χ3v) is 7.99. The Hall–Kier alpha value is -2.52. The van der Waals surface area contributed by atoms with Gasteiger partial charge in [0.1, 0.15) is 22.8 Å². The minimum absolute atomic E-state index is 0.0108. The third-order valence-electron chi connectivity index (χ3n) is 6.16. The molecule has 1 aromatic carbocycles. The van der Waals surface area contributed by atoms with Crippen LogP contribution in [0.15, 0.2) is 29.6 Å². The van der Waals surface area contributed by atoms with E-state index >= 15 is 0 Å². The summed E-state index contributed by atoms with van der Waals surface area (Å²) < 4.78 is 1.13. The summed E-state index contributed by atoms with van der Waals surface area (Å²) in [6, 6.07) is 7.48. The molecule has 33 heavy (non-hydrogen) atoms. The zero-order valence-corrected chi connectivity index (χ0v) is 20.8. The number of hydrogen-bond acceptors (Lipinski definition) is 7. The van der Waals surface area contributed by atoms with Crippen LogP contribution in [-0.2, 0) is 9.59 Å². The van der Waals surface area contributed by atoms with E-state index in [2.05, 4.69) is 16.7 Å². The highest BCUT2D eigenvalue weighted by Crippen LogP contribution is 2.34. The van der Waals surface area contributed by atoms with Gasteiger partial charge in [-0.05, 0) is 43.2 Å². The summed E-state index contributed by atoms with van der Waals surface area (Å²) in [6.07, 6.45) is 3.66. The molecular weight excluding hydrogens is 454 g/mol. The summed E-state index contributed by atoms with van der Waals surface area (Å²) >= 11 is 3.09. The highest BCUT2D eigenvalue weighted by molar-refractivity contribution is 7.22. The van der Waals surface area contributed by atoms with Crippen LogP contribution in [0.5, 0.6) is 0 Å². The van der Waals surface area contributed by atoms with E-state index in [9.17, 15) is 9.59 Å². The van der Waals surface area contributed by atoms with Crippen LogP contribution in [0.2, 0.25) is 0 Å². The van der Waals surface area contributed by atoms with E-state index in [0.29, 0.717) is 17.7 Å². The molecule has 2 amide bonds. The lowest BCUT2D eigenvalue weighted by Gasteiger charge is -2.35. The molecule has 1 aliphatic heterocycles. The molecule has 0 spiro atoms. The van der Waals surface area contributed by atoms with Gasteiger partial charge in [0.25, 0.3) is 0 Å². The number of nitrogens with zero attached hydrogens (tertiary/aromatic N) is 3. The van der Waals surface area contributed by atoms with E-state index in [-0.39, 0.29) is 23.3 Å². The molecular formula is C24H29N5O2S2. The lowest BCUT2D eigenvalue weighted by molar-refractivity contribution is -0.140. The van der Waals surface area contributed by atoms with Crippen molar-refractivity contribution in [2.24, 2.45) is 5.41 Å². The molecule has 3 aromatic rings. The average molecular weight is 484 g/mol. The van der Waals surface area contributed by atoms with Crippen molar-refractivity contribution in [3.8, 4) is 10.7 Å². The second-order valence-corrected chi connectivity index (χ2v) is 11.8. The Kier molecular flexibility index (Phi) is 5.86. The molecule has 2 aromatic heterocycles. The molecule has 3 heterocycles. The quantitative estimate of drug-likeness (QED) is 0.538. The van der Waals surface area contributed by atoms with E-state index in [0.717, 1.165) is 46.6 Å². The minimum Gasteiger partial charge on any atom is -0.352 e. The van der Waals surface area contributed by atoms with Crippen LogP contribution in [-0.4, -0.2) is 51.4 Å². The standard InChI is InChI=1S/C24H29N5O2S2/c1-24(2,3)19(22(31)29-12-6-8-17(29)20(30)25-14-10-11-14)28-23-27-16(13-32-23)21-26-15-7-4-5-9-18(15)33-21/h4-5,7,9,13-14,17,19H,6,8,10-12H2,1-3H3,(H,25,30)(H,27,28)/t17-,19+/m0/s1. The molecule has 0 unspecified atom stereocenters. The summed E-state index contributed by atoms with van der Waals surface area (Å²) in [5.74, 6) is -0.0453. The molecule has 0 radical (unpaired) electrons. The van der Waals surface area contributed by atoms with Gasteiger partial charge in [-0.2, -0.15) is 0 Å². The zero-order chi connectivity index (χ0) is 23.2. The lowest BCUT2D eigenvalue weighted by atomic mass is 9.85. The van der Waals surface area contributed by atoms with E-state index in [1.54, 1.807) is 16.2 Å². The van der Waals surface area contributed by atoms with Gasteiger partial charge >= 0.3 is 0 Å². The van der Waals surface area contributed by atoms with Crippen LogP contribution < -0.4 is 10.6 Å². The fourth-order valence-electron chi connectivity index (χ4n) is 4.19. The predicted octanol–water partition coefficient (Wildman–Crippen LogP) is 4.52. The Bertz CT molecular complexity index is 1140. The first-order valence-electron chi connectivity index (χ1n) is 11.5. The van der Waals surface area contributed by atoms with Crippen LogP contribution in [0.1, 0.15) is 46.5 Å². The first-order valence-corrected chi connectivity index (χ1v) is 13.2. The number of thiazole rings is 2. The number of para-hydroxylation sites is 1. The van der Waals surface area contributed by atoms with Crippen LogP contribution in [0.4, 0.5) is 5.13 Å². The maximum absolute atomic E-state index is 13.7. The summed E-state index contributed by atoms with van der Waals surface area (Å²) in [6.45, 7) is 6.74. The Balaban J connectivity index is 1.34. The van der Waals surface area contributed by atoms with Crippen molar-refractivity contribution in [1.82, 2.24) is 20.2 Å². The third kappa shape index (κ3) is 4.75. The number of hydrogen-bond donors (Lipinski definition) is 2. The number of amides is 2. The van der Waals surface area contributed by atoms with Gasteiger partial charge in [0.2, 0.25) is 11.8 Å². The van der Waals surface area contributed by atoms with Crippen molar-refractivity contribution >= 4 is 49.8 Å². The number of aromatic nitrogens is 2. The van der Waals surface area contributed by atoms with Gasteiger partial charge in [0, 0.05) is 18.0 Å². The SMILES string of the molecule is CC(C)(C)[C@H](Nc1nc(-c2nc3ccccc3s2)cs1)C(=O)N1CCC[C@H]1C(=O)NC1CC1. The number of benzene rings is 1. The maximum Gasteiger partial charge on any atom is 0.246 e. The van der Waals surface area contributed by atoms with Crippen LogP contribution in [0.25, 0.3) is 20.9 Å². The summed E-state index contributed by atoms with van der Waals surface area (Å²) in [4.78, 5) is 37.6. The van der Waals surface area contributed by atoms with Crippen LogP contribution >= 0.6 is 22.7 Å². The molecule has 2 N–H and O–H groups in total. The largest absolute Gasteiger partial charge is 0.352 e. The molecule has 1 saturated heterocycles. The Morgan fingerprint density at radius 3 is 2.67 bits per heavy atom. The molecule has 0 bridgehead atoms. The van der Waals surface area contributed by atoms with E-state index in [1.165, 1.54) is 11.3 Å². The smallest absolute Gasteiger partial charge is 0.246 e. The van der Waals surface area contributed by atoms with Gasteiger partial charge in [-0.15, -0.1) is 22.7 Å². The van der Waals surface area contributed by atoms with Gasteiger partial charge < -0.3 is 15.5 Å². The number of anilines is 1. The fraction of sp³-hybridized carbons (Fsp3) is 0.500. The number of carbonyl (C=O) groups excluding carboxylic acids is 2. The van der Waals surface area contributed by atoms with Crippen molar-refractivity contribution in [3.63, 3.8) is 0 Å². The maximum atomic E-state index is 13.7. The highest BCUT2D eigenvalue weighted by atomic mass is 32.1. The van der Waals surface area contributed by atoms with Gasteiger partial charge in [-0.3, -0.25) is 9.59 Å². The van der Waals surface area contributed by atoms with Crippen molar-refractivity contribution in [1.29, 1.82) is 0 Å². The van der Waals surface area contributed by atoms with Crippen LogP contribution in [0, 0.1) is 5.41 Å². The topological polar surface area (TPSA) is 87.2 Å². The number of likely N-dealkylation sites (tertiary alicyclic amines) is 1. The first kappa shape index (κ1) is 22.3. The molecule has 2 aliphatic rings. The first-order chi connectivity index (χ1) is 15.8. The average Bonchev–Trinajstić information content (AvgIpc) is 3.20. The van der Waals surface area contributed by atoms with Gasteiger partial charge in [-0.1, -0.05) is 32.9 Å². The van der Waals surface area contributed by atoms with E-state index in [1.807, 2.05) is 44.4 Å². The molecule has 2 atom stereocenters. The predicted molar refractivity (Wildman–Crippen MR) is 133 cm³/mol. The summed E-state index contributed by atoms with van der Waals surface area (Å²) in [5.41, 5.74) is 1.43. The second kappa shape index (κ2) is 8.68. The highest BCUT2D eigenvalue weighted by Gasteiger charge is 2.42. The van der Waals surface area contributed by atoms with E-state index in [4.69, 9.17) is 9.97 Å². The van der Waals surface area contributed by atoms with Gasteiger partial charge in [-0.25, -0.2) is 9.97 Å². The number of carbonyl (C=O) groups is 2. The summed E-state index contributed by atoms with van der Waals surface area (Å²) in [5, 5.41) is 10.0. The van der Waals surface area contributed by atoms with Crippen molar-refractivity contribution < 1.29 is 9.59 Å². The molecule has 7 nitrogen and oxygen atoms in total. The van der Waals surface area contributed by atoms with Crippen LogP contribution in [0.3, 0.4) is 0 Å². The Morgan fingerprint density at radius 2 is 1.94 bits per heavy atom. The normalized spacial score (nSPS) is 19.6. The molecule has 174 valence electrons. The molecule has 2 fully saturated rings. The van der Waals surface area contributed by atoms with Crippen molar-refractivity contribution in [2.45, 2.75) is 64.6 Å². The monoisotopic (exact) mass is 483 g/mol. The lowest BCUT2D eigenvalue weighted by Crippen LogP contribution is -2.54. The fourth-order valence-corrected chi connectivity index (χ4v) is 5.91. The van der Waals surface area contributed by atoms with E-state index < -0.39 is 6.04 Å². The van der Waals surface area contributed by atoms with Gasteiger partial charge in [0.15, 0.2) is 5.13 Å². The zero-order valence-electron chi connectivity index (χ0n) is 19.1. The Labute approximate surface area is 201 Å². The number of fused-ring (bicyclic) bond motifs is 1. The molecule has 1 saturated carbocycles. The molecule has 9 heteroatoms. The Morgan fingerprint density at radius 1 is 1.15 bits per heavy atom. The molecule has 5 rings (SSSR count). The van der Waals surface area contributed by atoms with Gasteiger partial charge in [0.05, 0.1) is 10.2 Å². The molecule has 1 aliphatic carbocycles. The van der Waals surface area contributed by atoms with Crippen molar-refractivity contribution in [2.75, 3.05) is 11.9 Å². The van der Waals surface area contributed by atoms with Crippen molar-refractivity contribution in [3.05, 3.63) is 29.6 Å². The second-order valence-electron chi connectivity index (χ2n) is 9.94. The minimum atomic E-state index is -0.485.